The maximum Gasteiger partial charge on any atom is 0.124 e. The maximum atomic E-state index is 10.3. The number of rotatable bonds is 4. The van der Waals surface area contributed by atoms with Crippen LogP contribution in [0.2, 0.25) is 0 Å². The van der Waals surface area contributed by atoms with Gasteiger partial charge < -0.3 is 9.53 Å². The SMILES string of the molecule is CCOC.CCc1n[nH]c(C)c1CC=O. The van der Waals surface area contributed by atoms with Crippen LogP contribution in [0, 0.1) is 6.92 Å². The molecule has 0 spiro atoms. The van der Waals surface area contributed by atoms with E-state index in [4.69, 9.17) is 0 Å². The predicted molar refractivity (Wildman–Crippen MR) is 60.0 cm³/mol. The second kappa shape index (κ2) is 8.17. The maximum absolute atomic E-state index is 10.3. The van der Waals surface area contributed by atoms with Crippen LogP contribution in [0.1, 0.15) is 30.8 Å². The van der Waals surface area contributed by atoms with Crippen LogP contribution in [0.25, 0.3) is 0 Å². The molecule has 0 aliphatic rings. The summed E-state index contributed by atoms with van der Waals surface area (Å²) in [6, 6.07) is 0. The lowest BCUT2D eigenvalue weighted by Crippen LogP contribution is -1.92. The standard InChI is InChI=1S/C8H12N2O.C3H8O/c1-3-8-7(4-5-11)6(2)9-10-8;1-3-4-2/h5H,3-4H2,1-2H3,(H,9,10);3H2,1-2H3. The first-order chi connectivity index (χ1) is 7.21. The van der Waals surface area contributed by atoms with Crippen LogP contribution in [0.5, 0.6) is 0 Å². The molecule has 0 unspecified atom stereocenters. The molecule has 15 heavy (non-hydrogen) atoms. The molecule has 1 N–H and O–H groups in total. The van der Waals surface area contributed by atoms with Crippen molar-refractivity contribution >= 4 is 6.29 Å². The molecule has 0 aliphatic heterocycles. The number of carbonyl (C=O) groups excluding carboxylic acids is 1. The van der Waals surface area contributed by atoms with Gasteiger partial charge in [-0.1, -0.05) is 6.92 Å². The number of H-pyrrole nitrogens is 1. The van der Waals surface area contributed by atoms with Gasteiger partial charge in [0.1, 0.15) is 6.29 Å². The van der Waals surface area contributed by atoms with Crippen LogP contribution in [0.3, 0.4) is 0 Å². The lowest BCUT2D eigenvalue weighted by Gasteiger charge is -1.93. The second-order valence-electron chi connectivity index (χ2n) is 3.08. The van der Waals surface area contributed by atoms with Gasteiger partial charge in [-0.3, -0.25) is 5.10 Å². The Kier molecular flexibility index (Phi) is 7.54. The number of nitrogens with zero attached hydrogens (tertiary/aromatic N) is 1. The molecule has 0 bridgehead atoms. The summed E-state index contributed by atoms with van der Waals surface area (Å²) in [5.74, 6) is 0. The molecule has 0 amide bonds. The quantitative estimate of drug-likeness (QED) is 0.772. The molecule has 0 saturated carbocycles. The number of aromatic amines is 1. The molecule has 1 aromatic heterocycles. The summed E-state index contributed by atoms with van der Waals surface area (Å²) in [7, 11) is 1.68. The number of hydrogen-bond donors (Lipinski definition) is 1. The van der Waals surface area contributed by atoms with Crippen LogP contribution >= 0.6 is 0 Å². The van der Waals surface area contributed by atoms with E-state index < -0.39 is 0 Å². The van der Waals surface area contributed by atoms with Crippen molar-refractivity contribution in [3.8, 4) is 0 Å². The van der Waals surface area contributed by atoms with Crippen molar-refractivity contribution in [2.45, 2.75) is 33.6 Å². The minimum absolute atomic E-state index is 0.478. The van der Waals surface area contributed by atoms with Crippen molar-refractivity contribution < 1.29 is 9.53 Å². The van der Waals surface area contributed by atoms with Gasteiger partial charge in [-0.2, -0.15) is 5.10 Å². The molecule has 1 rings (SSSR count). The Bertz CT molecular complexity index is 280. The molecular weight excluding hydrogens is 192 g/mol. The molecule has 1 aromatic rings. The Morgan fingerprint density at radius 2 is 2.07 bits per heavy atom. The number of methoxy groups -OCH3 is 1. The van der Waals surface area contributed by atoms with Gasteiger partial charge in [0, 0.05) is 31.4 Å². The summed E-state index contributed by atoms with van der Waals surface area (Å²) in [5.41, 5.74) is 3.08. The van der Waals surface area contributed by atoms with Gasteiger partial charge in [0.2, 0.25) is 0 Å². The zero-order chi connectivity index (χ0) is 11.7. The number of ether oxygens (including phenoxy) is 1. The number of nitrogens with one attached hydrogen (secondary N) is 1. The van der Waals surface area contributed by atoms with E-state index in [0.717, 1.165) is 36.3 Å². The Hall–Kier alpha value is -1.16. The van der Waals surface area contributed by atoms with E-state index in [0.29, 0.717) is 6.42 Å². The third-order valence-electron chi connectivity index (χ3n) is 2.07. The Balaban J connectivity index is 0.000000423. The summed E-state index contributed by atoms with van der Waals surface area (Å²) in [6.45, 7) is 6.74. The summed E-state index contributed by atoms with van der Waals surface area (Å²) in [5, 5.41) is 6.93. The van der Waals surface area contributed by atoms with Gasteiger partial charge in [0.05, 0.1) is 5.69 Å². The van der Waals surface area contributed by atoms with Crippen molar-refractivity contribution in [2.75, 3.05) is 13.7 Å². The molecule has 0 aromatic carbocycles. The number of aldehydes is 1. The van der Waals surface area contributed by atoms with Crippen LogP contribution in [-0.4, -0.2) is 30.2 Å². The first-order valence-electron chi connectivity index (χ1n) is 5.16. The second-order valence-corrected chi connectivity index (χ2v) is 3.08. The molecule has 86 valence electrons. The highest BCUT2D eigenvalue weighted by atomic mass is 16.5. The van der Waals surface area contributed by atoms with E-state index in [1.54, 1.807) is 7.11 Å². The number of aryl methyl sites for hydroxylation is 2. The summed E-state index contributed by atoms with van der Waals surface area (Å²) < 4.78 is 4.54. The van der Waals surface area contributed by atoms with Crippen molar-refractivity contribution in [1.82, 2.24) is 10.2 Å². The first-order valence-corrected chi connectivity index (χ1v) is 5.16. The van der Waals surface area contributed by atoms with Crippen LogP contribution in [0.4, 0.5) is 0 Å². The zero-order valence-electron chi connectivity index (χ0n) is 9.96. The molecule has 1 heterocycles. The lowest BCUT2D eigenvalue weighted by atomic mass is 10.1. The number of hydrogen-bond acceptors (Lipinski definition) is 3. The number of carbonyl (C=O) groups is 1. The molecule has 0 aliphatic carbocycles. The van der Waals surface area contributed by atoms with E-state index >= 15 is 0 Å². The highest BCUT2D eigenvalue weighted by molar-refractivity contribution is 5.56. The molecule has 4 heteroatoms. The average Bonchev–Trinajstić information content (AvgIpc) is 2.61. The lowest BCUT2D eigenvalue weighted by molar-refractivity contribution is -0.107. The highest BCUT2D eigenvalue weighted by Gasteiger charge is 2.06. The van der Waals surface area contributed by atoms with E-state index in [1.165, 1.54) is 0 Å². The van der Waals surface area contributed by atoms with E-state index in [2.05, 4.69) is 14.9 Å². The number of aromatic nitrogens is 2. The molecule has 0 radical (unpaired) electrons. The van der Waals surface area contributed by atoms with E-state index in [9.17, 15) is 4.79 Å². The van der Waals surface area contributed by atoms with Crippen molar-refractivity contribution in [1.29, 1.82) is 0 Å². The van der Waals surface area contributed by atoms with Gasteiger partial charge in [-0.25, -0.2) is 0 Å². The average molecular weight is 212 g/mol. The van der Waals surface area contributed by atoms with Crippen molar-refractivity contribution in [3.63, 3.8) is 0 Å². The zero-order valence-corrected chi connectivity index (χ0v) is 9.96. The van der Waals surface area contributed by atoms with Crippen LogP contribution in [-0.2, 0) is 22.4 Å². The van der Waals surface area contributed by atoms with Gasteiger partial charge >= 0.3 is 0 Å². The Labute approximate surface area is 91.0 Å². The largest absolute Gasteiger partial charge is 0.385 e. The topological polar surface area (TPSA) is 55.0 Å². The van der Waals surface area contributed by atoms with Crippen LogP contribution in [0.15, 0.2) is 0 Å². The smallest absolute Gasteiger partial charge is 0.124 e. The monoisotopic (exact) mass is 212 g/mol. The van der Waals surface area contributed by atoms with Gasteiger partial charge in [0.15, 0.2) is 0 Å². The fraction of sp³-hybridized carbons (Fsp3) is 0.636. The van der Waals surface area contributed by atoms with Crippen molar-refractivity contribution in [2.24, 2.45) is 0 Å². The minimum atomic E-state index is 0.478. The minimum Gasteiger partial charge on any atom is -0.385 e. The summed E-state index contributed by atoms with van der Waals surface area (Å²) in [4.78, 5) is 10.3. The van der Waals surface area contributed by atoms with E-state index in [1.807, 2.05) is 20.8 Å². The third kappa shape index (κ3) is 4.74. The fourth-order valence-electron chi connectivity index (χ4n) is 1.15. The summed E-state index contributed by atoms with van der Waals surface area (Å²) in [6.07, 6.45) is 2.27. The van der Waals surface area contributed by atoms with E-state index in [-0.39, 0.29) is 0 Å². The molecule has 4 nitrogen and oxygen atoms in total. The molecule has 0 fully saturated rings. The molecule has 0 saturated heterocycles. The van der Waals surface area contributed by atoms with Gasteiger partial charge in [0.25, 0.3) is 0 Å². The van der Waals surface area contributed by atoms with Crippen molar-refractivity contribution in [3.05, 3.63) is 17.0 Å². The van der Waals surface area contributed by atoms with Crippen LogP contribution < -0.4 is 0 Å². The van der Waals surface area contributed by atoms with Gasteiger partial charge in [-0.15, -0.1) is 0 Å². The Morgan fingerprint density at radius 1 is 1.47 bits per heavy atom. The summed E-state index contributed by atoms with van der Waals surface area (Å²) >= 11 is 0. The highest BCUT2D eigenvalue weighted by Crippen LogP contribution is 2.10. The fourth-order valence-corrected chi connectivity index (χ4v) is 1.15. The molecule has 0 atom stereocenters. The first kappa shape index (κ1) is 13.8. The van der Waals surface area contributed by atoms with Gasteiger partial charge in [-0.05, 0) is 20.3 Å². The normalized spacial score (nSPS) is 9.33. The molecular formula is C11H20N2O2. The third-order valence-corrected chi connectivity index (χ3v) is 2.07. The predicted octanol–water partition coefficient (Wildman–Crippen LogP) is 1.67. The Morgan fingerprint density at radius 3 is 2.47 bits per heavy atom.